The largest absolute Gasteiger partial charge is 0.497 e. The lowest BCUT2D eigenvalue weighted by Gasteiger charge is -2.29. The standard InChI is InChI=1S/C17H26N2O4S/c1-23-16-8-6-7-15(13-16)9-12-19(24(2,21)22)14-17(20)18-10-4-3-5-11-18/h6-8,13H,3-5,9-12,14H2,1-2H3. The van der Waals surface area contributed by atoms with E-state index in [9.17, 15) is 13.2 Å². The first-order valence-corrected chi connectivity index (χ1v) is 10.1. The molecule has 6 nitrogen and oxygen atoms in total. The molecule has 0 aromatic heterocycles. The van der Waals surface area contributed by atoms with Gasteiger partial charge in [0.1, 0.15) is 5.75 Å². The third kappa shape index (κ3) is 5.49. The molecule has 7 heteroatoms. The van der Waals surface area contributed by atoms with Crippen molar-refractivity contribution in [1.29, 1.82) is 0 Å². The van der Waals surface area contributed by atoms with Gasteiger partial charge in [-0.15, -0.1) is 0 Å². The Hall–Kier alpha value is -1.60. The maximum atomic E-state index is 12.4. The van der Waals surface area contributed by atoms with E-state index in [-0.39, 0.29) is 19.0 Å². The number of nitrogens with zero attached hydrogens (tertiary/aromatic N) is 2. The van der Waals surface area contributed by atoms with Gasteiger partial charge in [0.05, 0.1) is 19.9 Å². The molecule has 24 heavy (non-hydrogen) atoms. The predicted molar refractivity (Wildman–Crippen MR) is 93.5 cm³/mol. The monoisotopic (exact) mass is 354 g/mol. The van der Waals surface area contributed by atoms with Gasteiger partial charge in [0.15, 0.2) is 0 Å². The van der Waals surface area contributed by atoms with E-state index >= 15 is 0 Å². The summed E-state index contributed by atoms with van der Waals surface area (Å²) in [4.78, 5) is 14.1. The first-order chi connectivity index (χ1) is 11.4. The van der Waals surface area contributed by atoms with Gasteiger partial charge in [0.2, 0.25) is 15.9 Å². The van der Waals surface area contributed by atoms with E-state index in [1.54, 1.807) is 12.0 Å². The van der Waals surface area contributed by atoms with Crippen molar-refractivity contribution in [2.24, 2.45) is 0 Å². The molecule has 0 saturated carbocycles. The van der Waals surface area contributed by atoms with Gasteiger partial charge in [-0.3, -0.25) is 4.79 Å². The third-order valence-electron chi connectivity index (χ3n) is 4.27. The number of ether oxygens (including phenoxy) is 1. The second-order valence-corrected chi connectivity index (χ2v) is 8.12. The van der Waals surface area contributed by atoms with Crippen LogP contribution in [0.2, 0.25) is 0 Å². The molecule has 0 bridgehead atoms. The quantitative estimate of drug-likeness (QED) is 0.744. The van der Waals surface area contributed by atoms with Crippen molar-refractivity contribution in [3.63, 3.8) is 0 Å². The van der Waals surface area contributed by atoms with Gasteiger partial charge >= 0.3 is 0 Å². The molecule has 0 atom stereocenters. The summed E-state index contributed by atoms with van der Waals surface area (Å²) in [5.74, 6) is 0.633. The second-order valence-electron chi connectivity index (χ2n) is 6.14. The van der Waals surface area contributed by atoms with Crippen molar-refractivity contribution >= 4 is 15.9 Å². The van der Waals surface area contributed by atoms with Gasteiger partial charge in [-0.1, -0.05) is 12.1 Å². The van der Waals surface area contributed by atoms with E-state index in [1.807, 2.05) is 24.3 Å². The molecule has 0 aliphatic carbocycles. The Morgan fingerprint density at radius 3 is 2.58 bits per heavy atom. The van der Waals surface area contributed by atoms with Gasteiger partial charge in [0.25, 0.3) is 0 Å². The van der Waals surface area contributed by atoms with Crippen LogP contribution in [-0.2, 0) is 21.2 Å². The predicted octanol–water partition coefficient (Wildman–Crippen LogP) is 1.51. The zero-order valence-electron chi connectivity index (χ0n) is 14.4. The smallest absolute Gasteiger partial charge is 0.237 e. The normalized spacial score (nSPS) is 15.5. The average molecular weight is 354 g/mol. The van der Waals surface area contributed by atoms with E-state index < -0.39 is 10.0 Å². The highest BCUT2D eigenvalue weighted by Gasteiger charge is 2.24. The van der Waals surface area contributed by atoms with Gasteiger partial charge < -0.3 is 9.64 Å². The van der Waals surface area contributed by atoms with Crippen molar-refractivity contribution in [2.75, 3.05) is 39.5 Å². The number of rotatable bonds is 7. The maximum absolute atomic E-state index is 12.4. The van der Waals surface area contributed by atoms with Crippen LogP contribution in [0.5, 0.6) is 5.75 Å². The topological polar surface area (TPSA) is 66.9 Å². The molecule has 1 aromatic carbocycles. The van der Waals surface area contributed by atoms with Crippen LogP contribution >= 0.6 is 0 Å². The molecular weight excluding hydrogens is 328 g/mol. The fraction of sp³-hybridized carbons (Fsp3) is 0.588. The zero-order chi connectivity index (χ0) is 17.6. The maximum Gasteiger partial charge on any atom is 0.237 e. The fourth-order valence-corrected chi connectivity index (χ4v) is 3.61. The van der Waals surface area contributed by atoms with E-state index in [4.69, 9.17) is 4.74 Å². The third-order valence-corrected chi connectivity index (χ3v) is 5.52. The summed E-state index contributed by atoms with van der Waals surface area (Å²) in [5.41, 5.74) is 0.980. The molecule has 1 aliphatic rings. The van der Waals surface area contributed by atoms with Crippen LogP contribution in [0.25, 0.3) is 0 Å². The first kappa shape index (κ1) is 18.7. The number of benzene rings is 1. The number of piperidine rings is 1. The van der Waals surface area contributed by atoms with E-state index in [0.29, 0.717) is 6.42 Å². The van der Waals surface area contributed by atoms with Gasteiger partial charge in [-0.2, -0.15) is 4.31 Å². The average Bonchev–Trinajstić information content (AvgIpc) is 2.58. The molecule has 1 aromatic rings. The summed E-state index contributed by atoms with van der Waals surface area (Å²) >= 11 is 0. The summed E-state index contributed by atoms with van der Waals surface area (Å²) in [7, 11) is -1.83. The Kier molecular flexibility index (Phi) is 6.62. The number of carbonyl (C=O) groups is 1. The Balaban J connectivity index is 1.99. The molecule has 0 N–H and O–H groups in total. The molecule has 2 rings (SSSR count). The van der Waals surface area contributed by atoms with Crippen LogP contribution in [0, 0.1) is 0 Å². The summed E-state index contributed by atoms with van der Waals surface area (Å²) < 4.78 is 30.5. The van der Waals surface area contributed by atoms with E-state index in [0.717, 1.165) is 49.9 Å². The lowest BCUT2D eigenvalue weighted by molar-refractivity contribution is -0.132. The molecule has 0 radical (unpaired) electrons. The van der Waals surface area contributed by atoms with Crippen LogP contribution < -0.4 is 4.74 Å². The molecule has 0 unspecified atom stereocenters. The second kappa shape index (κ2) is 8.48. The number of hydrogen-bond donors (Lipinski definition) is 0. The molecule has 1 saturated heterocycles. The van der Waals surface area contributed by atoms with Gasteiger partial charge in [-0.05, 0) is 43.4 Å². The van der Waals surface area contributed by atoms with Crippen LogP contribution in [0.4, 0.5) is 0 Å². The van der Waals surface area contributed by atoms with Crippen LogP contribution in [0.3, 0.4) is 0 Å². The number of sulfonamides is 1. The van der Waals surface area contributed by atoms with Crippen molar-refractivity contribution < 1.29 is 17.9 Å². The minimum atomic E-state index is -3.43. The highest BCUT2D eigenvalue weighted by Crippen LogP contribution is 2.14. The summed E-state index contributed by atoms with van der Waals surface area (Å²) in [5, 5.41) is 0. The summed E-state index contributed by atoms with van der Waals surface area (Å²) in [6.45, 7) is 1.66. The summed E-state index contributed by atoms with van der Waals surface area (Å²) in [6.07, 6.45) is 4.82. The van der Waals surface area contributed by atoms with Gasteiger partial charge in [-0.25, -0.2) is 8.42 Å². The number of methoxy groups -OCH3 is 1. The Labute approximate surface area is 144 Å². The highest BCUT2D eigenvalue weighted by molar-refractivity contribution is 7.88. The van der Waals surface area contributed by atoms with Crippen molar-refractivity contribution in [3.8, 4) is 5.75 Å². The first-order valence-electron chi connectivity index (χ1n) is 8.26. The highest BCUT2D eigenvalue weighted by atomic mass is 32.2. The Bertz CT molecular complexity index is 654. The fourth-order valence-electron chi connectivity index (χ4n) is 2.84. The Morgan fingerprint density at radius 2 is 1.96 bits per heavy atom. The molecule has 1 aliphatic heterocycles. The summed E-state index contributed by atoms with van der Waals surface area (Å²) in [6, 6.07) is 7.53. The Morgan fingerprint density at radius 1 is 1.25 bits per heavy atom. The van der Waals surface area contributed by atoms with Crippen molar-refractivity contribution in [3.05, 3.63) is 29.8 Å². The number of carbonyl (C=O) groups excluding carboxylic acids is 1. The van der Waals surface area contributed by atoms with E-state index in [2.05, 4.69) is 0 Å². The van der Waals surface area contributed by atoms with E-state index in [1.165, 1.54) is 4.31 Å². The van der Waals surface area contributed by atoms with Crippen molar-refractivity contribution in [2.45, 2.75) is 25.7 Å². The molecule has 1 heterocycles. The molecule has 1 amide bonds. The minimum absolute atomic E-state index is 0.0806. The minimum Gasteiger partial charge on any atom is -0.497 e. The van der Waals surface area contributed by atoms with Crippen molar-refractivity contribution in [1.82, 2.24) is 9.21 Å². The number of likely N-dealkylation sites (tertiary alicyclic amines) is 1. The van der Waals surface area contributed by atoms with Gasteiger partial charge in [0, 0.05) is 19.6 Å². The number of hydrogen-bond acceptors (Lipinski definition) is 4. The lowest BCUT2D eigenvalue weighted by atomic mass is 10.1. The lowest BCUT2D eigenvalue weighted by Crippen LogP contribution is -2.45. The van der Waals surface area contributed by atoms with Crippen LogP contribution in [-0.4, -0.2) is 63.1 Å². The molecule has 0 spiro atoms. The van der Waals surface area contributed by atoms with Crippen LogP contribution in [0.15, 0.2) is 24.3 Å². The van der Waals surface area contributed by atoms with Crippen LogP contribution in [0.1, 0.15) is 24.8 Å². The SMILES string of the molecule is COc1cccc(CCN(CC(=O)N2CCCCC2)S(C)(=O)=O)c1. The zero-order valence-corrected chi connectivity index (χ0v) is 15.2. The molecule has 134 valence electrons. The number of amides is 1. The molecule has 1 fully saturated rings. The molecular formula is C17H26N2O4S.